The number of hydrogen-bond donors (Lipinski definition) is 1. The Balaban J connectivity index is 2.14. The van der Waals surface area contributed by atoms with Crippen LogP contribution in [0.5, 0.6) is 0 Å². The van der Waals surface area contributed by atoms with Crippen molar-refractivity contribution in [1.29, 1.82) is 0 Å². The monoisotopic (exact) mass is 259 g/mol. The second kappa shape index (κ2) is 4.62. The average molecular weight is 260 g/mol. The van der Waals surface area contributed by atoms with Crippen molar-refractivity contribution < 1.29 is 8.78 Å². The van der Waals surface area contributed by atoms with Crippen molar-refractivity contribution in [2.45, 2.75) is 6.54 Å². The molecule has 1 aromatic carbocycles. The van der Waals surface area contributed by atoms with Gasteiger partial charge in [-0.3, -0.25) is 0 Å². The fraction of sp³-hybridized carbons (Fsp3) is 0.222. The molecular weight excluding hydrogens is 252 g/mol. The van der Waals surface area contributed by atoms with Crippen LogP contribution in [-0.4, -0.2) is 20.2 Å². The average Bonchev–Trinajstić information content (AvgIpc) is 2.62. The minimum atomic E-state index is -0.765. The molecule has 0 aliphatic heterocycles. The maximum absolute atomic E-state index is 13.4. The van der Waals surface area contributed by atoms with Crippen molar-refractivity contribution >= 4 is 17.3 Å². The molecule has 1 N–H and O–H groups in total. The van der Waals surface area contributed by atoms with Crippen LogP contribution >= 0.6 is 11.6 Å². The summed E-state index contributed by atoms with van der Waals surface area (Å²) in [6, 6.07) is 1.77. The first-order valence-corrected chi connectivity index (χ1v) is 5.05. The topological polar surface area (TPSA) is 55.6 Å². The van der Waals surface area contributed by atoms with Gasteiger partial charge < -0.3 is 5.32 Å². The third-order valence-corrected chi connectivity index (χ3v) is 2.28. The molecule has 90 valence electrons. The van der Waals surface area contributed by atoms with Crippen molar-refractivity contribution in [3.8, 4) is 0 Å². The zero-order valence-corrected chi connectivity index (χ0v) is 9.54. The molecule has 17 heavy (non-hydrogen) atoms. The molecule has 0 bridgehead atoms. The van der Waals surface area contributed by atoms with Crippen molar-refractivity contribution in [2.24, 2.45) is 7.05 Å². The zero-order chi connectivity index (χ0) is 12.4. The molecule has 0 amide bonds. The lowest BCUT2D eigenvalue weighted by molar-refractivity contribution is 0.585. The highest BCUT2D eigenvalue weighted by Crippen LogP contribution is 2.26. The van der Waals surface area contributed by atoms with Gasteiger partial charge in [-0.25, -0.2) is 8.78 Å². The molecule has 0 spiro atoms. The molecular formula is C9H8ClF2N5. The van der Waals surface area contributed by atoms with Gasteiger partial charge in [0.1, 0.15) is 5.82 Å². The highest BCUT2D eigenvalue weighted by Gasteiger charge is 2.10. The minimum Gasteiger partial charge on any atom is -0.374 e. The molecule has 0 saturated heterocycles. The highest BCUT2D eigenvalue weighted by molar-refractivity contribution is 6.33. The lowest BCUT2D eigenvalue weighted by Crippen LogP contribution is -2.05. The molecule has 0 atom stereocenters. The summed E-state index contributed by atoms with van der Waals surface area (Å²) in [4.78, 5) is 1.28. The second-order valence-corrected chi connectivity index (χ2v) is 3.70. The predicted octanol–water partition coefficient (Wildman–Crippen LogP) is 1.75. The number of halogens is 3. The van der Waals surface area contributed by atoms with Gasteiger partial charge in [0.2, 0.25) is 0 Å². The molecule has 2 aromatic rings. The standard InChI is InChI=1S/C9H8ClF2N5/c1-17-15-8(14-16-17)4-13-9-6(10)2-5(11)3-7(9)12/h2-3,13H,4H2,1H3. The van der Waals surface area contributed by atoms with Crippen LogP contribution in [0.3, 0.4) is 0 Å². The lowest BCUT2D eigenvalue weighted by atomic mass is 10.3. The smallest absolute Gasteiger partial charge is 0.193 e. The number of benzene rings is 1. The fourth-order valence-electron chi connectivity index (χ4n) is 1.27. The Morgan fingerprint density at radius 2 is 2.18 bits per heavy atom. The van der Waals surface area contributed by atoms with Crippen LogP contribution in [0, 0.1) is 11.6 Å². The van der Waals surface area contributed by atoms with Gasteiger partial charge in [0, 0.05) is 6.07 Å². The van der Waals surface area contributed by atoms with E-state index in [0.717, 1.165) is 12.1 Å². The molecule has 0 unspecified atom stereocenters. The van der Waals surface area contributed by atoms with E-state index < -0.39 is 11.6 Å². The normalized spacial score (nSPS) is 10.6. The van der Waals surface area contributed by atoms with Gasteiger partial charge in [0.15, 0.2) is 11.6 Å². The Labute approximate surface area is 100 Å². The highest BCUT2D eigenvalue weighted by atomic mass is 35.5. The number of tetrazole rings is 1. The van der Waals surface area contributed by atoms with E-state index in [1.54, 1.807) is 7.05 Å². The van der Waals surface area contributed by atoms with Crippen molar-refractivity contribution in [3.63, 3.8) is 0 Å². The Kier molecular flexibility index (Phi) is 3.19. The summed E-state index contributed by atoms with van der Waals surface area (Å²) >= 11 is 5.70. The Morgan fingerprint density at radius 3 is 2.76 bits per heavy atom. The maximum Gasteiger partial charge on any atom is 0.193 e. The summed E-state index contributed by atoms with van der Waals surface area (Å²) in [6.07, 6.45) is 0. The molecule has 0 aliphatic carbocycles. The Hall–Kier alpha value is -1.76. The summed E-state index contributed by atoms with van der Waals surface area (Å²) in [7, 11) is 1.61. The predicted molar refractivity (Wildman–Crippen MR) is 57.5 cm³/mol. The van der Waals surface area contributed by atoms with E-state index in [0.29, 0.717) is 5.82 Å². The Bertz CT molecular complexity index is 519. The van der Waals surface area contributed by atoms with Crippen LogP contribution in [0.15, 0.2) is 12.1 Å². The lowest BCUT2D eigenvalue weighted by Gasteiger charge is -2.07. The van der Waals surface area contributed by atoms with E-state index in [4.69, 9.17) is 11.6 Å². The molecule has 0 fully saturated rings. The zero-order valence-electron chi connectivity index (χ0n) is 8.78. The van der Waals surface area contributed by atoms with Gasteiger partial charge in [-0.1, -0.05) is 11.6 Å². The number of nitrogens with zero attached hydrogens (tertiary/aromatic N) is 4. The molecule has 1 aromatic heterocycles. The molecule has 8 heteroatoms. The van der Waals surface area contributed by atoms with Gasteiger partial charge in [-0.05, 0) is 11.3 Å². The first-order valence-electron chi connectivity index (χ1n) is 4.67. The van der Waals surface area contributed by atoms with E-state index in [1.807, 2.05) is 0 Å². The number of nitrogens with one attached hydrogen (secondary N) is 1. The van der Waals surface area contributed by atoms with Gasteiger partial charge >= 0.3 is 0 Å². The van der Waals surface area contributed by atoms with E-state index >= 15 is 0 Å². The maximum atomic E-state index is 13.4. The first-order chi connectivity index (χ1) is 8.06. The first kappa shape index (κ1) is 11.7. The van der Waals surface area contributed by atoms with Crippen LogP contribution in [0.25, 0.3) is 0 Å². The fourth-order valence-corrected chi connectivity index (χ4v) is 1.53. The van der Waals surface area contributed by atoms with Gasteiger partial charge in [-0.2, -0.15) is 4.80 Å². The second-order valence-electron chi connectivity index (χ2n) is 3.29. The Morgan fingerprint density at radius 1 is 1.41 bits per heavy atom. The largest absolute Gasteiger partial charge is 0.374 e. The van der Waals surface area contributed by atoms with Crippen molar-refractivity contribution in [2.75, 3.05) is 5.32 Å². The van der Waals surface area contributed by atoms with Gasteiger partial charge in [0.25, 0.3) is 0 Å². The third-order valence-electron chi connectivity index (χ3n) is 1.98. The van der Waals surface area contributed by atoms with Gasteiger partial charge in [0.05, 0.1) is 24.3 Å². The summed E-state index contributed by atoms with van der Waals surface area (Å²) in [6.45, 7) is 0.149. The van der Waals surface area contributed by atoms with E-state index in [1.165, 1.54) is 4.80 Å². The number of rotatable bonds is 3. The minimum absolute atomic E-state index is 0.0144. The third kappa shape index (κ3) is 2.68. The molecule has 0 aliphatic rings. The molecule has 1 heterocycles. The molecule has 5 nitrogen and oxygen atoms in total. The SMILES string of the molecule is Cn1nnc(CNc2c(F)cc(F)cc2Cl)n1. The van der Waals surface area contributed by atoms with E-state index in [2.05, 4.69) is 20.7 Å². The summed E-state index contributed by atoms with van der Waals surface area (Å²) < 4.78 is 26.2. The van der Waals surface area contributed by atoms with Crippen LogP contribution in [0.1, 0.15) is 5.82 Å². The van der Waals surface area contributed by atoms with Crippen LogP contribution in [0.2, 0.25) is 5.02 Å². The number of anilines is 1. The van der Waals surface area contributed by atoms with Gasteiger partial charge in [-0.15, -0.1) is 10.2 Å². The summed E-state index contributed by atoms with van der Waals surface area (Å²) in [5.74, 6) is -1.11. The van der Waals surface area contributed by atoms with Crippen LogP contribution in [-0.2, 0) is 13.6 Å². The quantitative estimate of drug-likeness (QED) is 0.912. The van der Waals surface area contributed by atoms with E-state index in [-0.39, 0.29) is 17.3 Å². The van der Waals surface area contributed by atoms with Crippen molar-refractivity contribution in [1.82, 2.24) is 20.2 Å². The summed E-state index contributed by atoms with van der Waals surface area (Å²) in [5.41, 5.74) is 0.0144. The molecule has 0 radical (unpaired) electrons. The molecule has 0 saturated carbocycles. The summed E-state index contributed by atoms with van der Waals surface area (Å²) in [5, 5.41) is 13.9. The number of aromatic nitrogens is 4. The molecule has 2 rings (SSSR count). The van der Waals surface area contributed by atoms with Crippen molar-refractivity contribution in [3.05, 3.63) is 34.6 Å². The van der Waals surface area contributed by atoms with E-state index in [9.17, 15) is 8.78 Å². The number of aryl methyl sites for hydroxylation is 1. The number of hydrogen-bond acceptors (Lipinski definition) is 4. The van der Waals surface area contributed by atoms with Crippen LogP contribution < -0.4 is 5.32 Å². The van der Waals surface area contributed by atoms with Crippen LogP contribution in [0.4, 0.5) is 14.5 Å².